The van der Waals surface area contributed by atoms with Crippen molar-refractivity contribution >= 4 is 11.5 Å². The van der Waals surface area contributed by atoms with Crippen molar-refractivity contribution in [3.63, 3.8) is 0 Å². The van der Waals surface area contributed by atoms with Crippen molar-refractivity contribution < 1.29 is 4.92 Å². The van der Waals surface area contributed by atoms with Gasteiger partial charge in [-0.3, -0.25) is 15.0 Å². The molecule has 1 N–H and O–H groups in total. The molecule has 0 amide bonds. The number of nitrogens with one attached hydrogen (secondary N) is 1. The van der Waals surface area contributed by atoms with E-state index in [1.165, 1.54) is 19.0 Å². The molecule has 2 aliphatic rings. The molecule has 0 bridgehead atoms. The van der Waals surface area contributed by atoms with Gasteiger partial charge in [-0.1, -0.05) is 0 Å². The number of hydrogen-bond acceptors (Lipinski definition) is 5. The molecular weight excluding hydrogens is 256 g/mol. The fourth-order valence-corrected chi connectivity index (χ4v) is 3.08. The van der Waals surface area contributed by atoms with Crippen molar-refractivity contribution in [2.24, 2.45) is 0 Å². The van der Waals surface area contributed by atoms with Crippen LogP contribution in [-0.4, -0.2) is 39.5 Å². The zero-order valence-corrected chi connectivity index (χ0v) is 11.9. The summed E-state index contributed by atoms with van der Waals surface area (Å²) in [5.41, 5.74) is 0.879. The van der Waals surface area contributed by atoms with Gasteiger partial charge in [0.2, 0.25) is 0 Å². The highest BCUT2D eigenvalue weighted by Gasteiger charge is 2.38. The monoisotopic (exact) mass is 276 g/mol. The number of pyridine rings is 1. The van der Waals surface area contributed by atoms with Gasteiger partial charge in [0.15, 0.2) is 0 Å². The zero-order chi connectivity index (χ0) is 14.3. The van der Waals surface area contributed by atoms with E-state index in [2.05, 4.69) is 22.1 Å². The second kappa shape index (κ2) is 5.01. The van der Waals surface area contributed by atoms with E-state index in [0.717, 1.165) is 30.4 Å². The van der Waals surface area contributed by atoms with Crippen LogP contribution in [0.15, 0.2) is 12.3 Å². The molecule has 6 heteroatoms. The molecule has 3 rings (SSSR count). The van der Waals surface area contributed by atoms with Crippen molar-refractivity contribution in [1.82, 2.24) is 9.88 Å². The normalized spacial score (nSPS) is 26.7. The SMILES string of the molecule is Cc1cc([N+](=O)[O-])cnc1NC1CC(C)N(C2CC2)C1. The van der Waals surface area contributed by atoms with Gasteiger partial charge >= 0.3 is 0 Å². The molecule has 0 spiro atoms. The second-order valence-corrected chi connectivity index (χ2v) is 5.97. The van der Waals surface area contributed by atoms with Gasteiger partial charge in [0, 0.05) is 30.7 Å². The maximum absolute atomic E-state index is 10.7. The first-order valence-electron chi connectivity index (χ1n) is 7.18. The van der Waals surface area contributed by atoms with E-state index in [-0.39, 0.29) is 5.69 Å². The molecule has 2 heterocycles. The van der Waals surface area contributed by atoms with Gasteiger partial charge in [-0.15, -0.1) is 0 Å². The van der Waals surface area contributed by atoms with E-state index in [1.54, 1.807) is 6.07 Å². The number of likely N-dealkylation sites (tertiary alicyclic amines) is 1. The molecule has 1 aromatic heterocycles. The number of anilines is 1. The van der Waals surface area contributed by atoms with Crippen molar-refractivity contribution in [2.75, 3.05) is 11.9 Å². The number of rotatable bonds is 4. The van der Waals surface area contributed by atoms with Crippen LogP contribution in [0.1, 0.15) is 31.7 Å². The molecule has 0 radical (unpaired) electrons. The Morgan fingerprint density at radius 1 is 1.50 bits per heavy atom. The number of aromatic nitrogens is 1. The Hall–Kier alpha value is -1.69. The molecule has 20 heavy (non-hydrogen) atoms. The van der Waals surface area contributed by atoms with E-state index in [0.29, 0.717) is 12.1 Å². The second-order valence-electron chi connectivity index (χ2n) is 5.97. The van der Waals surface area contributed by atoms with Gasteiger partial charge in [0.25, 0.3) is 5.69 Å². The quantitative estimate of drug-likeness (QED) is 0.675. The fourth-order valence-electron chi connectivity index (χ4n) is 3.08. The largest absolute Gasteiger partial charge is 0.366 e. The predicted octanol–water partition coefficient (Wildman–Crippen LogP) is 2.34. The first-order valence-corrected chi connectivity index (χ1v) is 7.18. The van der Waals surface area contributed by atoms with Gasteiger partial charge in [-0.25, -0.2) is 4.98 Å². The number of hydrogen-bond donors (Lipinski definition) is 1. The van der Waals surface area contributed by atoms with E-state index < -0.39 is 4.92 Å². The lowest BCUT2D eigenvalue weighted by atomic mass is 10.2. The number of nitro groups is 1. The average molecular weight is 276 g/mol. The Kier molecular flexibility index (Phi) is 3.33. The Morgan fingerprint density at radius 3 is 2.85 bits per heavy atom. The third-order valence-corrected chi connectivity index (χ3v) is 4.25. The molecule has 1 saturated carbocycles. The van der Waals surface area contributed by atoms with Crippen LogP contribution in [0.5, 0.6) is 0 Å². The summed E-state index contributed by atoms with van der Waals surface area (Å²) >= 11 is 0. The minimum atomic E-state index is -0.406. The first kappa shape index (κ1) is 13.3. The summed E-state index contributed by atoms with van der Waals surface area (Å²) in [6, 6.07) is 3.35. The maximum atomic E-state index is 10.7. The minimum absolute atomic E-state index is 0.0486. The average Bonchev–Trinajstić information content (AvgIpc) is 3.16. The van der Waals surface area contributed by atoms with Crippen LogP contribution in [0.3, 0.4) is 0 Å². The summed E-state index contributed by atoms with van der Waals surface area (Å²) in [6.45, 7) is 5.18. The van der Waals surface area contributed by atoms with E-state index in [9.17, 15) is 10.1 Å². The predicted molar refractivity (Wildman–Crippen MR) is 76.8 cm³/mol. The molecule has 6 nitrogen and oxygen atoms in total. The molecule has 1 saturated heterocycles. The third kappa shape index (κ3) is 2.60. The Morgan fingerprint density at radius 2 is 2.25 bits per heavy atom. The van der Waals surface area contributed by atoms with Gasteiger partial charge < -0.3 is 5.32 Å². The van der Waals surface area contributed by atoms with Crippen LogP contribution in [-0.2, 0) is 0 Å². The lowest BCUT2D eigenvalue weighted by molar-refractivity contribution is -0.385. The highest BCUT2D eigenvalue weighted by molar-refractivity contribution is 5.49. The highest BCUT2D eigenvalue weighted by Crippen LogP contribution is 2.34. The Labute approximate surface area is 118 Å². The summed E-state index contributed by atoms with van der Waals surface area (Å²) in [6.07, 6.45) is 5.08. The summed E-state index contributed by atoms with van der Waals surface area (Å²) in [5, 5.41) is 14.2. The summed E-state index contributed by atoms with van der Waals surface area (Å²) in [5.74, 6) is 0.769. The maximum Gasteiger partial charge on any atom is 0.287 e. The van der Waals surface area contributed by atoms with Crippen LogP contribution in [0.4, 0.5) is 11.5 Å². The van der Waals surface area contributed by atoms with E-state index in [1.807, 2.05) is 6.92 Å². The van der Waals surface area contributed by atoms with Crippen LogP contribution < -0.4 is 5.32 Å². The van der Waals surface area contributed by atoms with E-state index in [4.69, 9.17) is 0 Å². The summed E-state index contributed by atoms with van der Waals surface area (Å²) in [4.78, 5) is 17.1. The summed E-state index contributed by atoms with van der Waals surface area (Å²) in [7, 11) is 0. The first-order chi connectivity index (χ1) is 9.54. The topological polar surface area (TPSA) is 71.3 Å². The highest BCUT2D eigenvalue weighted by atomic mass is 16.6. The molecule has 2 fully saturated rings. The van der Waals surface area contributed by atoms with Crippen molar-refractivity contribution in [2.45, 2.75) is 51.2 Å². The van der Waals surface area contributed by atoms with Crippen molar-refractivity contribution in [3.8, 4) is 0 Å². The molecular formula is C14H20N4O2. The zero-order valence-electron chi connectivity index (χ0n) is 11.9. The Bertz CT molecular complexity index is 530. The standard InChI is InChI=1S/C14H20N4O2/c1-9-5-13(18(19)20)7-15-14(9)16-11-6-10(2)17(8-11)12-3-4-12/h5,7,10-12H,3-4,6,8H2,1-2H3,(H,15,16). The lowest BCUT2D eigenvalue weighted by Crippen LogP contribution is -2.31. The molecule has 2 unspecified atom stereocenters. The van der Waals surface area contributed by atoms with Gasteiger partial charge in [0.05, 0.1) is 4.92 Å². The Balaban J connectivity index is 1.67. The lowest BCUT2D eigenvalue weighted by Gasteiger charge is -2.20. The van der Waals surface area contributed by atoms with Gasteiger partial charge in [-0.05, 0) is 38.7 Å². The fraction of sp³-hybridized carbons (Fsp3) is 0.643. The van der Waals surface area contributed by atoms with Crippen LogP contribution in [0.2, 0.25) is 0 Å². The molecule has 108 valence electrons. The van der Waals surface area contributed by atoms with Crippen LogP contribution >= 0.6 is 0 Å². The minimum Gasteiger partial charge on any atom is -0.366 e. The van der Waals surface area contributed by atoms with Crippen LogP contribution in [0, 0.1) is 17.0 Å². The van der Waals surface area contributed by atoms with E-state index >= 15 is 0 Å². The van der Waals surface area contributed by atoms with Crippen molar-refractivity contribution in [3.05, 3.63) is 27.9 Å². The molecule has 1 aliphatic heterocycles. The smallest absolute Gasteiger partial charge is 0.287 e. The number of aryl methyl sites for hydroxylation is 1. The number of nitrogens with zero attached hydrogens (tertiary/aromatic N) is 3. The molecule has 0 aromatic carbocycles. The molecule has 2 atom stereocenters. The van der Waals surface area contributed by atoms with Gasteiger partial charge in [-0.2, -0.15) is 0 Å². The van der Waals surface area contributed by atoms with Gasteiger partial charge in [0.1, 0.15) is 12.0 Å². The van der Waals surface area contributed by atoms with Crippen LogP contribution in [0.25, 0.3) is 0 Å². The third-order valence-electron chi connectivity index (χ3n) is 4.25. The molecule has 1 aromatic rings. The summed E-state index contributed by atoms with van der Waals surface area (Å²) < 4.78 is 0. The van der Waals surface area contributed by atoms with Crippen molar-refractivity contribution in [1.29, 1.82) is 0 Å². The molecule has 1 aliphatic carbocycles.